The first-order chi connectivity index (χ1) is 8.50. The van der Waals surface area contributed by atoms with Gasteiger partial charge in [-0.2, -0.15) is 0 Å². The van der Waals surface area contributed by atoms with Gasteiger partial charge < -0.3 is 9.47 Å². The molecule has 0 N–H and O–H groups in total. The van der Waals surface area contributed by atoms with Gasteiger partial charge in [-0.1, -0.05) is 6.42 Å². The summed E-state index contributed by atoms with van der Waals surface area (Å²) in [5, 5.41) is -0.263. The molecule has 2 unspecified atom stereocenters. The van der Waals surface area contributed by atoms with Crippen LogP contribution in [0.25, 0.3) is 0 Å². The maximum Gasteiger partial charge on any atom is 0.323 e. The summed E-state index contributed by atoms with van der Waals surface area (Å²) in [5.74, 6) is -1.19. The van der Waals surface area contributed by atoms with Gasteiger partial charge in [-0.3, -0.25) is 9.59 Å². The van der Waals surface area contributed by atoms with Crippen molar-refractivity contribution in [2.24, 2.45) is 11.3 Å². The van der Waals surface area contributed by atoms with Gasteiger partial charge >= 0.3 is 11.9 Å². The summed E-state index contributed by atoms with van der Waals surface area (Å²) in [6.07, 6.45) is 2.01. The quantitative estimate of drug-likeness (QED) is 0.440. The van der Waals surface area contributed by atoms with Crippen LogP contribution in [-0.2, 0) is 19.1 Å². The van der Waals surface area contributed by atoms with Crippen molar-refractivity contribution in [2.75, 3.05) is 13.2 Å². The van der Waals surface area contributed by atoms with Crippen LogP contribution in [0.1, 0.15) is 40.0 Å². The average Bonchev–Trinajstić information content (AvgIpc) is 2.75. The number of esters is 2. The normalized spacial score (nSPS) is 23.4. The Bertz CT molecular complexity index is 296. The van der Waals surface area contributed by atoms with Crippen LogP contribution in [0.4, 0.5) is 0 Å². The molecule has 0 aromatic rings. The lowest BCUT2D eigenvalue weighted by Crippen LogP contribution is -2.47. The molecule has 0 saturated heterocycles. The maximum atomic E-state index is 12.2. The number of hydrogen-bond acceptors (Lipinski definition) is 4. The van der Waals surface area contributed by atoms with E-state index in [9.17, 15) is 9.59 Å². The molecule has 18 heavy (non-hydrogen) atoms. The van der Waals surface area contributed by atoms with Crippen molar-refractivity contribution in [1.29, 1.82) is 0 Å². The molecular formula is C13H21ClO4. The fourth-order valence-corrected chi connectivity index (χ4v) is 3.11. The van der Waals surface area contributed by atoms with E-state index in [1.54, 1.807) is 13.8 Å². The molecule has 4 nitrogen and oxygen atoms in total. The smallest absolute Gasteiger partial charge is 0.323 e. The molecule has 2 atom stereocenters. The molecule has 1 fully saturated rings. The van der Waals surface area contributed by atoms with Gasteiger partial charge in [0.1, 0.15) is 0 Å². The molecule has 1 aliphatic rings. The summed E-state index contributed by atoms with van der Waals surface area (Å²) in [6.45, 7) is 5.77. The van der Waals surface area contributed by atoms with Crippen molar-refractivity contribution < 1.29 is 19.1 Å². The van der Waals surface area contributed by atoms with Crippen molar-refractivity contribution in [2.45, 2.75) is 45.4 Å². The van der Waals surface area contributed by atoms with Crippen LogP contribution in [0.3, 0.4) is 0 Å². The first kappa shape index (κ1) is 15.3. The molecule has 0 aromatic heterocycles. The van der Waals surface area contributed by atoms with Gasteiger partial charge in [0.05, 0.1) is 13.2 Å². The molecule has 0 spiro atoms. The highest BCUT2D eigenvalue weighted by Crippen LogP contribution is 2.48. The molecule has 1 saturated carbocycles. The van der Waals surface area contributed by atoms with E-state index >= 15 is 0 Å². The van der Waals surface area contributed by atoms with Crippen molar-refractivity contribution in [3.63, 3.8) is 0 Å². The van der Waals surface area contributed by atoms with Crippen LogP contribution < -0.4 is 0 Å². The minimum atomic E-state index is -1.20. The zero-order valence-corrected chi connectivity index (χ0v) is 12.0. The number of carbonyl (C=O) groups excluding carboxylic acids is 2. The highest BCUT2D eigenvalue weighted by molar-refractivity contribution is 6.21. The third-order valence-electron chi connectivity index (χ3n) is 3.55. The largest absolute Gasteiger partial charge is 0.465 e. The van der Waals surface area contributed by atoms with Crippen LogP contribution in [0.15, 0.2) is 0 Å². The fourth-order valence-electron chi connectivity index (χ4n) is 2.76. The zero-order valence-electron chi connectivity index (χ0n) is 11.2. The highest BCUT2D eigenvalue weighted by atomic mass is 35.5. The molecule has 5 heteroatoms. The van der Waals surface area contributed by atoms with E-state index in [4.69, 9.17) is 21.1 Å². The van der Waals surface area contributed by atoms with Crippen LogP contribution >= 0.6 is 11.6 Å². The van der Waals surface area contributed by atoms with Gasteiger partial charge in [0.2, 0.25) is 0 Å². The van der Waals surface area contributed by atoms with E-state index in [1.807, 2.05) is 6.92 Å². The van der Waals surface area contributed by atoms with Crippen LogP contribution in [0, 0.1) is 11.3 Å². The molecule has 0 heterocycles. The van der Waals surface area contributed by atoms with Crippen molar-refractivity contribution in [3.8, 4) is 0 Å². The third-order valence-corrected chi connectivity index (χ3v) is 3.86. The van der Waals surface area contributed by atoms with Gasteiger partial charge in [-0.25, -0.2) is 0 Å². The second kappa shape index (κ2) is 6.41. The number of carbonyl (C=O) groups is 2. The second-order valence-corrected chi connectivity index (χ2v) is 5.28. The standard InChI is InChI=1S/C13H21ClO4/c1-4-17-11(15)13(12(16)18-5-2)8-6-7-10(13)9(3)14/h9-10H,4-8H2,1-3H3. The van der Waals surface area contributed by atoms with Gasteiger partial charge in [-0.05, 0) is 33.6 Å². The number of halogens is 1. The summed E-state index contributed by atoms with van der Waals surface area (Å²) < 4.78 is 10.2. The first-order valence-corrected chi connectivity index (χ1v) is 6.92. The average molecular weight is 277 g/mol. The van der Waals surface area contributed by atoms with Crippen molar-refractivity contribution in [1.82, 2.24) is 0 Å². The Hall–Kier alpha value is -0.770. The lowest BCUT2D eigenvalue weighted by Gasteiger charge is -2.32. The van der Waals surface area contributed by atoms with E-state index in [-0.39, 0.29) is 24.5 Å². The van der Waals surface area contributed by atoms with E-state index in [0.717, 1.165) is 12.8 Å². The lowest BCUT2D eigenvalue weighted by molar-refractivity contribution is -0.175. The Balaban J connectivity index is 3.07. The second-order valence-electron chi connectivity index (χ2n) is 4.59. The summed E-state index contributed by atoms with van der Waals surface area (Å²) in [5.41, 5.74) is -1.20. The molecule has 0 aliphatic heterocycles. The van der Waals surface area contributed by atoms with Gasteiger partial charge in [-0.15, -0.1) is 11.6 Å². The van der Waals surface area contributed by atoms with E-state index < -0.39 is 17.4 Å². The monoisotopic (exact) mass is 276 g/mol. The molecule has 0 amide bonds. The Morgan fingerprint density at radius 2 is 1.78 bits per heavy atom. The summed E-state index contributed by atoms with van der Waals surface area (Å²) in [7, 11) is 0. The van der Waals surface area contributed by atoms with Gasteiger partial charge in [0, 0.05) is 11.3 Å². The molecule has 104 valence electrons. The number of hydrogen-bond donors (Lipinski definition) is 0. The predicted molar refractivity (Wildman–Crippen MR) is 68.4 cm³/mol. The van der Waals surface area contributed by atoms with Crippen molar-refractivity contribution >= 4 is 23.5 Å². The van der Waals surface area contributed by atoms with Crippen LogP contribution in [0.5, 0.6) is 0 Å². The first-order valence-electron chi connectivity index (χ1n) is 6.49. The Morgan fingerprint density at radius 1 is 1.28 bits per heavy atom. The number of alkyl halides is 1. The summed E-state index contributed by atoms with van der Waals surface area (Å²) in [4.78, 5) is 24.4. The highest BCUT2D eigenvalue weighted by Gasteiger charge is 2.58. The van der Waals surface area contributed by atoms with Crippen molar-refractivity contribution in [3.05, 3.63) is 0 Å². The minimum Gasteiger partial charge on any atom is -0.465 e. The topological polar surface area (TPSA) is 52.6 Å². The fraction of sp³-hybridized carbons (Fsp3) is 0.846. The maximum absolute atomic E-state index is 12.2. The SMILES string of the molecule is CCOC(=O)C1(C(=O)OCC)CCCC1C(C)Cl. The summed E-state index contributed by atoms with van der Waals surface area (Å²) in [6, 6.07) is 0. The molecule has 0 radical (unpaired) electrons. The van der Waals surface area contributed by atoms with Gasteiger partial charge in [0.25, 0.3) is 0 Å². The summed E-state index contributed by atoms with van der Waals surface area (Å²) >= 11 is 6.14. The molecule has 1 aliphatic carbocycles. The van der Waals surface area contributed by atoms with E-state index in [1.165, 1.54) is 0 Å². The lowest BCUT2D eigenvalue weighted by atomic mass is 9.76. The van der Waals surface area contributed by atoms with Gasteiger partial charge in [0.15, 0.2) is 5.41 Å². The molecule has 0 aromatic carbocycles. The Morgan fingerprint density at radius 3 is 2.17 bits per heavy atom. The third kappa shape index (κ3) is 2.63. The Kier molecular flexibility index (Phi) is 5.45. The molecular weight excluding hydrogens is 256 g/mol. The predicted octanol–water partition coefficient (Wildman–Crippen LogP) is 2.53. The van der Waals surface area contributed by atoms with E-state index in [0.29, 0.717) is 6.42 Å². The van der Waals surface area contributed by atoms with Crippen LogP contribution in [0.2, 0.25) is 0 Å². The van der Waals surface area contributed by atoms with E-state index in [2.05, 4.69) is 0 Å². The zero-order chi connectivity index (χ0) is 13.8. The number of ether oxygens (including phenoxy) is 2. The number of rotatable bonds is 5. The minimum absolute atomic E-state index is 0.211. The Labute approximate surface area is 113 Å². The molecule has 0 bridgehead atoms. The van der Waals surface area contributed by atoms with Crippen LogP contribution in [-0.4, -0.2) is 30.5 Å². The molecule has 1 rings (SSSR count).